The minimum atomic E-state index is -0.440. The zero-order valence-corrected chi connectivity index (χ0v) is 22.6. The van der Waals surface area contributed by atoms with Gasteiger partial charge in [-0.3, -0.25) is 19.2 Å². The third-order valence-electron chi connectivity index (χ3n) is 7.17. The fourth-order valence-corrected chi connectivity index (χ4v) is 6.02. The molecular weight excluding hydrogens is 508 g/mol. The minimum absolute atomic E-state index is 0.0185. The summed E-state index contributed by atoms with van der Waals surface area (Å²) >= 11 is 1.38. The van der Waals surface area contributed by atoms with Crippen molar-refractivity contribution in [3.05, 3.63) is 95.0 Å². The fourth-order valence-electron chi connectivity index (χ4n) is 5.09. The van der Waals surface area contributed by atoms with E-state index in [0.29, 0.717) is 17.3 Å². The third kappa shape index (κ3) is 5.34. The normalized spacial score (nSPS) is 16.5. The molecule has 0 saturated carbocycles. The molecule has 4 aromatic rings. The Hall–Kier alpha value is -3.92. The van der Waals surface area contributed by atoms with Crippen molar-refractivity contribution in [2.24, 2.45) is 10.2 Å². The lowest BCUT2D eigenvalue weighted by Gasteiger charge is -2.35. The van der Waals surface area contributed by atoms with Gasteiger partial charge in [0, 0.05) is 48.7 Å². The van der Waals surface area contributed by atoms with E-state index in [-0.39, 0.29) is 5.88 Å². The molecule has 3 aromatic carbocycles. The van der Waals surface area contributed by atoms with E-state index in [4.69, 9.17) is 0 Å². The second-order valence-corrected chi connectivity index (χ2v) is 10.9. The Morgan fingerprint density at radius 2 is 1.62 bits per heavy atom. The molecule has 1 fully saturated rings. The number of amides is 1. The van der Waals surface area contributed by atoms with E-state index in [0.717, 1.165) is 59.9 Å². The summed E-state index contributed by atoms with van der Waals surface area (Å²) in [7, 11) is 0. The summed E-state index contributed by atoms with van der Waals surface area (Å²) in [5.74, 6) is -0.421. The van der Waals surface area contributed by atoms with E-state index in [1.54, 1.807) is 0 Å². The fraction of sp³-hybridized carbons (Fsp3) is 0.233. The van der Waals surface area contributed by atoms with Gasteiger partial charge in [-0.25, -0.2) is 0 Å². The molecule has 2 N–H and O–H groups in total. The van der Waals surface area contributed by atoms with Gasteiger partial charge in [0.25, 0.3) is 0 Å². The summed E-state index contributed by atoms with van der Waals surface area (Å²) in [5.41, 5.74) is 4.20. The van der Waals surface area contributed by atoms with E-state index >= 15 is 0 Å². The van der Waals surface area contributed by atoms with Crippen LogP contribution < -0.4 is 5.32 Å². The number of nitrogens with zero attached hydrogens (tertiary/aromatic N) is 5. The Morgan fingerprint density at radius 1 is 0.923 bits per heavy atom. The van der Waals surface area contributed by atoms with Crippen molar-refractivity contribution in [1.29, 1.82) is 0 Å². The van der Waals surface area contributed by atoms with Crippen molar-refractivity contribution < 1.29 is 9.90 Å². The van der Waals surface area contributed by atoms with Crippen molar-refractivity contribution in [1.82, 2.24) is 14.4 Å². The highest BCUT2D eigenvalue weighted by Crippen LogP contribution is 2.42. The predicted octanol–water partition coefficient (Wildman–Crippen LogP) is 6.18. The number of carbonyl (C=O) groups excluding carboxylic acids is 1. The number of rotatable bonds is 6. The number of benzene rings is 3. The lowest BCUT2D eigenvalue weighted by atomic mass is 10.2. The quantitative estimate of drug-likeness (QED) is 0.285. The minimum Gasteiger partial charge on any atom is -0.493 e. The van der Waals surface area contributed by atoms with Gasteiger partial charge in [0.2, 0.25) is 5.88 Å². The second kappa shape index (κ2) is 11.1. The van der Waals surface area contributed by atoms with Crippen molar-refractivity contribution in [3.63, 3.8) is 0 Å². The molecule has 6 rings (SSSR count). The number of aromatic nitrogens is 1. The van der Waals surface area contributed by atoms with Gasteiger partial charge in [0.15, 0.2) is 5.69 Å². The molecule has 1 aromatic heterocycles. The lowest BCUT2D eigenvalue weighted by Crippen LogP contribution is -2.46. The Bertz CT molecular complexity index is 1570. The first-order valence-electron chi connectivity index (χ1n) is 13.1. The van der Waals surface area contributed by atoms with Gasteiger partial charge in [-0.15, -0.1) is 10.2 Å². The average molecular weight is 539 g/mol. The first kappa shape index (κ1) is 25.4. The molecule has 0 atom stereocenters. The van der Waals surface area contributed by atoms with Crippen molar-refractivity contribution >= 4 is 39.9 Å². The van der Waals surface area contributed by atoms with Crippen LogP contribution in [0.5, 0.6) is 5.88 Å². The molecule has 8 nitrogen and oxygen atoms in total. The van der Waals surface area contributed by atoms with E-state index in [1.165, 1.54) is 17.3 Å². The smallest absolute Gasteiger partial charge is 0.303 e. The van der Waals surface area contributed by atoms with Crippen LogP contribution >= 0.6 is 11.8 Å². The van der Waals surface area contributed by atoms with Crippen LogP contribution in [0.1, 0.15) is 12.5 Å². The number of anilines is 1. The number of thioether (sulfide) groups is 1. The molecule has 1 saturated heterocycles. The molecule has 0 radical (unpaired) electrons. The molecule has 0 aliphatic carbocycles. The molecule has 39 heavy (non-hydrogen) atoms. The molecule has 2 aliphatic rings. The average Bonchev–Trinajstić information content (AvgIpc) is 3.23. The van der Waals surface area contributed by atoms with Crippen LogP contribution in [-0.4, -0.2) is 51.6 Å². The van der Waals surface area contributed by atoms with E-state index in [9.17, 15) is 9.90 Å². The highest BCUT2D eigenvalue weighted by Gasteiger charge is 2.24. The van der Waals surface area contributed by atoms with Crippen LogP contribution in [0.4, 0.5) is 11.4 Å². The monoisotopic (exact) mass is 538 g/mol. The number of allylic oxidation sites excluding steroid dienone is 1. The van der Waals surface area contributed by atoms with Crippen LogP contribution in [0, 0.1) is 0 Å². The Labute approximate surface area is 231 Å². The maximum Gasteiger partial charge on any atom is 0.303 e. The van der Waals surface area contributed by atoms with Gasteiger partial charge in [-0.05, 0) is 30.7 Å². The molecule has 1 amide bonds. The number of piperazine rings is 1. The van der Waals surface area contributed by atoms with Crippen LogP contribution in [0.15, 0.2) is 105 Å². The summed E-state index contributed by atoms with van der Waals surface area (Å²) in [6, 6.07) is 26.1. The van der Waals surface area contributed by atoms with Crippen LogP contribution in [-0.2, 0) is 18.0 Å². The zero-order chi connectivity index (χ0) is 26.8. The molecule has 9 heteroatoms. The van der Waals surface area contributed by atoms with Gasteiger partial charge in [0.1, 0.15) is 4.91 Å². The summed E-state index contributed by atoms with van der Waals surface area (Å²) < 4.78 is 1.86. The van der Waals surface area contributed by atoms with Gasteiger partial charge < -0.3 is 10.4 Å². The summed E-state index contributed by atoms with van der Waals surface area (Å²) in [4.78, 5) is 19.3. The summed E-state index contributed by atoms with van der Waals surface area (Å²) in [6.07, 6.45) is 0. The molecule has 3 heterocycles. The predicted molar refractivity (Wildman–Crippen MR) is 155 cm³/mol. The standard InChI is InChI=1S/C30H30N6O2S/c1-21-28(39-26-14-8-6-12-24(26)31-21)29(37)33-32-27-23-11-5-7-13-25(23)36(30(27)38)20-35-17-15-34(16-18-35)19-22-9-3-2-4-10-22/h2-14,31,38H,15-20H2,1H3. The van der Waals surface area contributed by atoms with E-state index < -0.39 is 5.91 Å². The van der Waals surface area contributed by atoms with Gasteiger partial charge in [0.05, 0.1) is 17.9 Å². The second-order valence-electron chi connectivity index (χ2n) is 9.82. The van der Waals surface area contributed by atoms with Crippen molar-refractivity contribution in [2.75, 3.05) is 31.5 Å². The van der Waals surface area contributed by atoms with Crippen LogP contribution in [0.2, 0.25) is 0 Å². The number of fused-ring (bicyclic) bond motifs is 2. The summed E-state index contributed by atoms with van der Waals surface area (Å²) in [5, 5.41) is 23.6. The Morgan fingerprint density at radius 3 is 2.44 bits per heavy atom. The van der Waals surface area contributed by atoms with Gasteiger partial charge in [-0.2, -0.15) is 0 Å². The topological polar surface area (TPSA) is 85.5 Å². The lowest BCUT2D eigenvalue weighted by molar-refractivity contribution is -0.114. The number of hydrogen-bond acceptors (Lipinski definition) is 7. The van der Waals surface area contributed by atoms with Crippen LogP contribution in [0.25, 0.3) is 10.9 Å². The molecular formula is C30H30N6O2S. The van der Waals surface area contributed by atoms with Gasteiger partial charge in [-0.1, -0.05) is 72.4 Å². The number of hydrogen-bond donors (Lipinski definition) is 2. The van der Waals surface area contributed by atoms with Gasteiger partial charge >= 0.3 is 5.91 Å². The highest BCUT2D eigenvalue weighted by molar-refractivity contribution is 8.04. The molecule has 0 spiro atoms. The molecule has 198 valence electrons. The summed E-state index contributed by atoms with van der Waals surface area (Å²) in [6.45, 7) is 7.05. The van der Waals surface area contributed by atoms with Crippen molar-refractivity contribution in [2.45, 2.75) is 25.0 Å². The molecule has 2 aliphatic heterocycles. The molecule has 0 bridgehead atoms. The SMILES string of the molecule is CC1=C(C(=O)N=Nc2c(O)n(CN3CCN(Cc4ccccc4)CC3)c3ccccc23)Sc2ccccc2N1. The van der Waals surface area contributed by atoms with E-state index in [2.05, 4.69) is 49.6 Å². The van der Waals surface area contributed by atoms with E-state index in [1.807, 2.05) is 66.1 Å². The number of para-hydroxylation sites is 2. The Balaban J connectivity index is 1.18. The first-order valence-corrected chi connectivity index (χ1v) is 13.9. The largest absolute Gasteiger partial charge is 0.493 e. The van der Waals surface area contributed by atoms with Crippen LogP contribution in [0.3, 0.4) is 0 Å². The van der Waals surface area contributed by atoms with Crippen molar-refractivity contribution in [3.8, 4) is 5.88 Å². The number of azo groups is 1. The maximum atomic E-state index is 13.0. The zero-order valence-electron chi connectivity index (χ0n) is 21.7. The third-order valence-corrected chi connectivity index (χ3v) is 8.43. The first-order chi connectivity index (χ1) is 19.1. The number of nitrogens with one attached hydrogen (secondary N) is 1. The molecule has 0 unspecified atom stereocenters. The maximum absolute atomic E-state index is 13.0. The number of carbonyl (C=O) groups is 1. The highest BCUT2D eigenvalue weighted by atomic mass is 32.2. The number of aromatic hydroxyl groups is 1. The Kier molecular flexibility index (Phi) is 7.19.